The van der Waals surface area contributed by atoms with E-state index in [0.29, 0.717) is 0 Å². The molecule has 0 aliphatic carbocycles. The van der Waals surface area contributed by atoms with Crippen LogP contribution < -0.4 is 10.6 Å². The van der Waals surface area contributed by atoms with Gasteiger partial charge in [-0.05, 0) is 6.07 Å². The van der Waals surface area contributed by atoms with Crippen molar-refractivity contribution in [3.05, 3.63) is 33.3 Å². The monoisotopic (exact) mass is 331 g/mol. The highest BCUT2D eigenvalue weighted by Crippen LogP contribution is 2.26. The Kier molecular flexibility index (Phi) is 6.70. The smallest absolute Gasteiger partial charge is 0.321 e. The third kappa shape index (κ3) is 5.28. The number of benzene rings is 1. The van der Waals surface area contributed by atoms with E-state index < -0.39 is 29.3 Å². The van der Waals surface area contributed by atoms with Crippen molar-refractivity contribution in [3.8, 4) is 0 Å². The van der Waals surface area contributed by atoms with E-state index in [2.05, 4.69) is 10.6 Å². The van der Waals surface area contributed by atoms with Gasteiger partial charge in [0.2, 0.25) is 5.91 Å². The molecule has 0 aliphatic heterocycles. The Bertz CT molecular complexity index is 580. The zero-order valence-electron chi connectivity index (χ0n) is 11.3. The van der Waals surface area contributed by atoms with Gasteiger partial charge in [0.25, 0.3) is 5.69 Å². The normalized spacial score (nSPS) is 11.7. The molecule has 9 nitrogen and oxygen atoms in total. The number of aliphatic hydroxyl groups excluding tert-OH is 1. The van der Waals surface area contributed by atoms with Gasteiger partial charge in [-0.25, -0.2) is 0 Å². The number of carboxylic acid groups (broad SMARTS) is 1. The number of carbonyl (C=O) groups excluding carboxylic acids is 1. The van der Waals surface area contributed by atoms with Crippen molar-refractivity contribution in [2.24, 2.45) is 0 Å². The number of aliphatic hydroxyl groups is 1. The Balaban J connectivity index is 2.77. The van der Waals surface area contributed by atoms with Crippen LogP contribution >= 0.6 is 11.6 Å². The van der Waals surface area contributed by atoms with Gasteiger partial charge in [0, 0.05) is 18.7 Å². The number of nitro groups is 1. The molecule has 1 amide bonds. The lowest BCUT2D eigenvalue weighted by molar-refractivity contribution is -0.384. The number of carboxylic acids is 1. The number of rotatable bonds is 8. The summed E-state index contributed by atoms with van der Waals surface area (Å²) < 4.78 is 0. The molecule has 0 bridgehead atoms. The minimum absolute atomic E-state index is 0.0157. The first-order valence-electron chi connectivity index (χ1n) is 6.16. The molecule has 10 heteroatoms. The third-order valence-electron chi connectivity index (χ3n) is 2.63. The number of nitro benzene ring substituents is 1. The number of nitrogens with zero attached hydrogens (tertiary/aromatic N) is 1. The Morgan fingerprint density at radius 3 is 2.64 bits per heavy atom. The molecular weight excluding hydrogens is 318 g/mol. The fourth-order valence-corrected chi connectivity index (χ4v) is 1.76. The van der Waals surface area contributed by atoms with Gasteiger partial charge in [-0.2, -0.15) is 0 Å². The number of non-ortho nitro benzene ring substituents is 1. The molecule has 0 radical (unpaired) electrons. The predicted molar refractivity (Wildman–Crippen MR) is 77.9 cm³/mol. The molecular formula is C12H14ClN3O6. The van der Waals surface area contributed by atoms with Crippen LogP contribution in [0, 0.1) is 10.1 Å². The molecule has 4 N–H and O–H groups in total. The van der Waals surface area contributed by atoms with Crippen LogP contribution in [0.25, 0.3) is 0 Å². The third-order valence-corrected chi connectivity index (χ3v) is 2.95. The fourth-order valence-electron chi connectivity index (χ4n) is 1.59. The van der Waals surface area contributed by atoms with Gasteiger partial charge in [-0.1, -0.05) is 11.6 Å². The maximum Gasteiger partial charge on any atom is 0.321 e. The SMILES string of the molecule is O=C(C[C@@H](NCCO)C(=O)O)Nc1cc([N+](=O)[O-])ccc1Cl. The molecule has 1 aromatic rings. The van der Waals surface area contributed by atoms with Crippen LogP contribution in [0.5, 0.6) is 0 Å². The lowest BCUT2D eigenvalue weighted by atomic mass is 10.2. The van der Waals surface area contributed by atoms with Crippen LogP contribution in [0.4, 0.5) is 11.4 Å². The summed E-state index contributed by atoms with van der Waals surface area (Å²) in [4.78, 5) is 32.8. The molecule has 0 saturated heterocycles. The second-order valence-corrected chi connectivity index (χ2v) is 4.65. The Morgan fingerprint density at radius 2 is 2.09 bits per heavy atom. The average Bonchev–Trinajstić information content (AvgIpc) is 2.45. The maximum atomic E-state index is 11.8. The van der Waals surface area contributed by atoms with E-state index in [0.717, 1.165) is 6.07 Å². The zero-order chi connectivity index (χ0) is 16.7. The molecule has 0 aromatic heterocycles. The lowest BCUT2D eigenvalue weighted by Crippen LogP contribution is -2.41. The number of nitrogens with one attached hydrogen (secondary N) is 2. The van der Waals surface area contributed by atoms with E-state index >= 15 is 0 Å². The summed E-state index contributed by atoms with van der Waals surface area (Å²) in [5.41, 5.74) is -0.236. The van der Waals surface area contributed by atoms with Gasteiger partial charge < -0.3 is 20.8 Å². The number of aliphatic carboxylic acids is 1. The second kappa shape index (κ2) is 8.27. The van der Waals surface area contributed by atoms with E-state index in [1.54, 1.807) is 0 Å². The van der Waals surface area contributed by atoms with E-state index in [9.17, 15) is 19.7 Å². The van der Waals surface area contributed by atoms with Gasteiger partial charge in [0.05, 0.1) is 28.7 Å². The van der Waals surface area contributed by atoms with E-state index in [4.69, 9.17) is 21.8 Å². The summed E-state index contributed by atoms with van der Waals surface area (Å²) in [7, 11) is 0. The topological polar surface area (TPSA) is 142 Å². The van der Waals surface area contributed by atoms with Gasteiger partial charge in [0.15, 0.2) is 0 Å². The largest absolute Gasteiger partial charge is 0.480 e. The molecule has 0 heterocycles. The number of carbonyl (C=O) groups is 2. The molecule has 1 atom stereocenters. The van der Waals surface area contributed by atoms with E-state index in [1.165, 1.54) is 12.1 Å². The van der Waals surface area contributed by atoms with Crippen molar-refractivity contribution in [2.45, 2.75) is 12.5 Å². The highest BCUT2D eigenvalue weighted by molar-refractivity contribution is 6.33. The molecule has 1 aromatic carbocycles. The minimum atomic E-state index is -1.26. The second-order valence-electron chi connectivity index (χ2n) is 4.24. The van der Waals surface area contributed by atoms with Crippen molar-refractivity contribution in [1.82, 2.24) is 5.32 Å². The molecule has 22 heavy (non-hydrogen) atoms. The quantitative estimate of drug-likeness (QED) is 0.404. The lowest BCUT2D eigenvalue weighted by Gasteiger charge is -2.14. The predicted octanol–water partition coefficient (Wildman–Crippen LogP) is 0.612. The summed E-state index contributed by atoms with van der Waals surface area (Å²) in [6, 6.07) is 2.33. The molecule has 0 unspecified atom stereocenters. The van der Waals surface area contributed by atoms with Gasteiger partial charge in [-0.3, -0.25) is 19.7 Å². The Morgan fingerprint density at radius 1 is 1.41 bits per heavy atom. The van der Waals surface area contributed by atoms with Crippen LogP contribution in [-0.4, -0.2) is 46.2 Å². The van der Waals surface area contributed by atoms with Gasteiger partial charge in [-0.15, -0.1) is 0 Å². The molecule has 0 spiro atoms. The number of amides is 1. The van der Waals surface area contributed by atoms with Crippen LogP contribution in [-0.2, 0) is 9.59 Å². The van der Waals surface area contributed by atoms with Crippen molar-refractivity contribution in [1.29, 1.82) is 0 Å². The first kappa shape index (κ1) is 17.8. The number of anilines is 1. The average molecular weight is 332 g/mol. The van der Waals surface area contributed by atoms with Crippen LogP contribution in [0.1, 0.15) is 6.42 Å². The summed E-state index contributed by atoms with van der Waals surface area (Å²) >= 11 is 5.83. The number of halogens is 1. The minimum Gasteiger partial charge on any atom is -0.480 e. The van der Waals surface area contributed by atoms with Crippen LogP contribution in [0.2, 0.25) is 5.02 Å². The van der Waals surface area contributed by atoms with Crippen molar-refractivity contribution >= 4 is 34.9 Å². The van der Waals surface area contributed by atoms with Crippen LogP contribution in [0.3, 0.4) is 0 Å². The first-order valence-corrected chi connectivity index (χ1v) is 6.53. The molecule has 0 fully saturated rings. The van der Waals surface area contributed by atoms with Crippen molar-refractivity contribution in [2.75, 3.05) is 18.5 Å². The van der Waals surface area contributed by atoms with Gasteiger partial charge in [0.1, 0.15) is 6.04 Å². The molecule has 0 saturated carbocycles. The standard InChI is InChI=1S/C12H14ClN3O6/c13-8-2-1-7(16(21)22)5-9(8)15-11(18)6-10(12(19)20)14-3-4-17/h1-2,5,10,14,17H,3-4,6H2,(H,15,18)(H,19,20)/t10-/m1/s1. The van der Waals surface area contributed by atoms with E-state index in [-0.39, 0.29) is 29.5 Å². The summed E-state index contributed by atoms with van der Waals surface area (Å²) in [6.07, 6.45) is -0.422. The fraction of sp³-hybridized carbons (Fsp3) is 0.333. The van der Waals surface area contributed by atoms with Gasteiger partial charge >= 0.3 is 5.97 Å². The Labute approximate surface area is 130 Å². The first-order chi connectivity index (χ1) is 10.3. The summed E-state index contributed by atoms with van der Waals surface area (Å²) in [5.74, 6) is -1.94. The highest BCUT2D eigenvalue weighted by atomic mass is 35.5. The molecule has 1 rings (SSSR count). The van der Waals surface area contributed by atoms with E-state index in [1.807, 2.05) is 0 Å². The number of hydrogen-bond donors (Lipinski definition) is 4. The summed E-state index contributed by atoms with van der Waals surface area (Å²) in [6.45, 7) is -0.260. The Hall–Kier alpha value is -2.23. The number of hydrogen-bond acceptors (Lipinski definition) is 6. The maximum absolute atomic E-state index is 11.8. The van der Waals surface area contributed by atoms with Crippen molar-refractivity contribution in [3.63, 3.8) is 0 Å². The van der Waals surface area contributed by atoms with Crippen molar-refractivity contribution < 1.29 is 24.7 Å². The van der Waals surface area contributed by atoms with Crippen LogP contribution in [0.15, 0.2) is 18.2 Å². The zero-order valence-corrected chi connectivity index (χ0v) is 12.0. The summed E-state index contributed by atoms with van der Waals surface area (Å²) in [5, 5.41) is 33.2. The molecule has 120 valence electrons. The molecule has 0 aliphatic rings. The highest BCUT2D eigenvalue weighted by Gasteiger charge is 2.21.